The maximum absolute atomic E-state index is 6.27. The van der Waals surface area contributed by atoms with Gasteiger partial charge in [0, 0.05) is 6.54 Å². The Balaban J connectivity index is 0.00000156. The van der Waals surface area contributed by atoms with Crippen molar-refractivity contribution in [2.24, 2.45) is 4.99 Å². The van der Waals surface area contributed by atoms with E-state index >= 15 is 0 Å². The fourth-order valence-corrected chi connectivity index (χ4v) is 3.41. The van der Waals surface area contributed by atoms with Crippen molar-refractivity contribution in [3.8, 4) is 0 Å². The number of ether oxygens (including phenoxy) is 1. The third kappa shape index (κ3) is 3.20. The van der Waals surface area contributed by atoms with Gasteiger partial charge in [-0.25, -0.2) is 0 Å². The molecule has 0 spiro atoms. The van der Waals surface area contributed by atoms with Crippen molar-refractivity contribution in [1.29, 1.82) is 0 Å². The first kappa shape index (κ1) is 15.9. The van der Waals surface area contributed by atoms with Crippen LogP contribution in [0.15, 0.2) is 65.7 Å². The SMILES string of the molecule is Cl.c1ccc(N=C2O[C@@H](c3ccccc3)[C@H]3CCCCN23)cc1. The highest BCUT2D eigenvalue weighted by Gasteiger charge is 2.42. The van der Waals surface area contributed by atoms with Crippen LogP contribution >= 0.6 is 12.4 Å². The molecule has 3 nitrogen and oxygen atoms in total. The molecule has 0 unspecified atom stereocenters. The van der Waals surface area contributed by atoms with Crippen molar-refractivity contribution < 1.29 is 4.74 Å². The second kappa shape index (κ2) is 7.05. The Bertz CT molecular complexity index is 660. The Labute approximate surface area is 143 Å². The molecule has 0 aromatic heterocycles. The van der Waals surface area contributed by atoms with Crippen molar-refractivity contribution in [2.75, 3.05) is 6.54 Å². The Kier molecular flexibility index (Phi) is 4.87. The summed E-state index contributed by atoms with van der Waals surface area (Å²) in [7, 11) is 0. The Morgan fingerprint density at radius 3 is 2.35 bits per heavy atom. The van der Waals surface area contributed by atoms with E-state index in [-0.39, 0.29) is 18.5 Å². The summed E-state index contributed by atoms with van der Waals surface area (Å²) in [5, 5.41) is 0. The molecule has 0 bridgehead atoms. The lowest BCUT2D eigenvalue weighted by Gasteiger charge is -2.30. The summed E-state index contributed by atoms with van der Waals surface area (Å²) < 4.78 is 6.27. The van der Waals surface area contributed by atoms with E-state index in [1.165, 1.54) is 24.8 Å². The van der Waals surface area contributed by atoms with Crippen LogP contribution in [0.2, 0.25) is 0 Å². The van der Waals surface area contributed by atoms with E-state index in [2.05, 4.69) is 35.2 Å². The van der Waals surface area contributed by atoms with Gasteiger partial charge in [0.15, 0.2) is 0 Å². The quantitative estimate of drug-likeness (QED) is 0.796. The second-order valence-electron chi connectivity index (χ2n) is 5.94. The number of halogens is 1. The Morgan fingerprint density at radius 1 is 0.913 bits per heavy atom. The summed E-state index contributed by atoms with van der Waals surface area (Å²) in [5.74, 6) is 0. The third-order valence-electron chi connectivity index (χ3n) is 4.49. The van der Waals surface area contributed by atoms with Crippen LogP contribution in [0.5, 0.6) is 0 Å². The summed E-state index contributed by atoms with van der Waals surface area (Å²) in [6.07, 6.45) is 3.76. The number of hydrogen-bond acceptors (Lipinski definition) is 2. The van der Waals surface area contributed by atoms with Crippen LogP contribution < -0.4 is 0 Å². The van der Waals surface area contributed by atoms with E-state index < -0.39 is 0 Å². The standard InChI is InChI=1S/C19H20N2O.ClH/c1-3-9-15(10-4-1)18-17-13-7-8-14-21(17)19(22-18)20-16-11-5-2-6-12-16;/h1-6,9-12,17-18H,7-8,13-14H2;1H/t17-,18+;/m1./s1. The van der Waals surface area contributed by atoms with E-state index in [9.17, 15) is 0 Å². The zero-order valence-corrected chi connectivity index (χ0v) is 13.8. The van der Waals surface area contributed by atoms with Gasteiger partial charge in [-0.3, -0.25) is 0 Å². The number of benzene rings is 2. The second-order valence-corrected chi connectivity index (χ2v) is 5.94. The van der Waals surface area contributed by atoms with Crippen LogP contribution in [-0.4, -0.2) is 23.5 Å². The highest BCUT2D eigenvalue weighted by Crippen LogP contribution is 2.38. The first-order valence-corrected chi connectivity index (χ1v) is 8.04. The molecular formula is C19H21ClN2O. The van der Waals surface area contributed by atoms with Crippen molar-refractivity contribution in [2.45, 2.75) is 31.4 Å². The molecule has 2 aromatic carbocycles. The van der Waals surface area contributed by atoms with Crippen LogP contribution in [-0.2, 0) is 4.74 Å². The van der Waals surface area contributed by atoms with E-state index in [0.717, 1.165) is 18.3 Å². The number of fused-ring (bicyclic) bond motifs is 1. The van der Waals surface area contributed by atoms with Gasteiger partial charge in [0.25, 0.3) is 6.02 Å². The summed E-state index contributed by atoms with van der Waals surface area (Å²) in [5.41, 5.74) is 2.20. The molecule has 2 saturated heterocycles. The zero-order valence-electron chi connectivity index (χ0n) is 13.0. The lowest BCUT2D eigenvalue weighted by Crippen LogP contribution is -2.38. The van der Waals surface area contributed by atoms with Crippen LogP contribution in [0, 0.1) is 0 Å². The fourth-order valence-electron chi connectivity index (χ4n) is 3.41. The van der Waals surface area contributed by atoms with E-state index in [0.29, 0.717) is 6.04 Å². The first-order chi connectivity index (χ1) is 10.9. The topological polar surface area (TPSA) is 24.8 Å². The van der Waals surface area contributed by atoms with Crippen molar-refractivity contribution in [1.82, 2.24) is 4.90 Å². The fraction of sp³-hybridized carbons (Fsp3) is 0.316. The average molecular weight is 329 g/mol. The van der Waals surface area contributed by atoms with E-state index in [4.69, 9.17) is 9.73 Å². The molecule has 0 aliphatic carbocycles. The van der Waals surface area contributed by atoms with Gasteiger partial charge in [0.1, 0.15) is 6.10 Å². The van der Waals surface area contributed by atoms with Crippen LogP contribution in [0.25, 0.3) is 0 Å². The molecule has 4 heteroatoms. The number of hydrogen-bond donors (Lipinski definition) is 0. The van der Waals surface area contributed by atoms with Crippen LogP contribution in [0.1, 0.15) is 30.9 Å². The van der Waals surface area contributed by atoms with Gasteiger partial charge in [-0.15, -0.1) is 12.4 Å². The number of para-hydroxylation sites is 1. The predicted octanol–water partition coefficient (Wildman–Crippen LogP) is 4.72. The minimum atomic E-state index is 0. The molecule has 23 heavy (non-hydrogen) atoms. The first-order valence-electron chi connectivity index (χ1n) is 8.04. The number of piperidine rings is 1. The summed E-state index contributed by atoms with van der Waals surface area (Å²) in [6.45, 7) is 1.04. The van der Waals surface area contributed by atoms with Crippen molar-refractivity contribution >= 4 is 24.1 Å². The molecule has 2 aromatic rings. The van der Waals surface area contributed by atoms with Gasteiger partial charge in [-0.2, -0.15) is 4.99 Å². The number of amidine groups is 1. The van der Waals surface area contributed by atoms with Gasteiger partial charge in [0.2, 0.25) is 0 Å². The smallest absolute Gasteiger partial charge is 0.293 e. The lowest BCUT2D eigenvalue weighted by molar-refractivity contribution is 0.168. The van der Waals surface area contributed by atoms with Crippen LogP contribution in [0.3, 0.4) is 0 Å². The predicted molar refractivity (Wildman–Crippen MR) is 95.4 cm³/mol. The van der Waals surface area contributed by atoms with Gasteiger partial charge in [-0.05, 0) is 37.0 Å². The minimum Gasteiger partial charge on any atom is -0.454 e. The molecule has 0 amide bonds. The molecule has 120 valence electrons. The molecule has 2 heterocycles. The Hall–Kier alpha value is -2.00. The van der Waals surface area contributed by atoms with Crippen molar-refractivity contribution in [3.05, 3.63) is 66.2 Å². The normalized spacial score (nSPS) is 24.7. The van der Waals surface area contributed by atoms with Gasteiger partial charge in [-0.1, -0.05) is 48.5 Å². The number of nitrogens with zero attached hydrogens (tertiary/aromatic N) is 2. The summed E-state index contributed by atoms with van der Waals surface area (Å²) in [4.78, 5) is 7.09. The molecule has 0 radical (unpaired) electrons. The monoisotopic (exact) mass is 328 g/mol. The molecular weight excluding hydrogens is 308 g/mol. The molecule has 2 atom stereocenters. The molecule has 2 fully saturated rings. The third-order valence-corrected chi connectivity index (χ3v) is 4.49. The summed E-state index contributed by atoms with van der Waals surface area (Å²) >= 11 is 0. The van der Waals surface area contributed by atoms with Gasteiger partial charge < -0.3 is 9.64 Å². The molecule has 4 rings (SSSR count). The minimum absolute atomic E-state index is 0. The molecule has 0 N–H and O–H groups in total. The molecule has 0 saturated carbocycles. The van der Waals surface area contributed by atoms with Crippen LogP contribution in [0.4, 0.5) is 5.69 Å². The lowest BCUT2D eigenvalue weighted by atomic mass is 9.94. The molecule has 2 aliphatic heterocycles. The maximum atomic E-state index is 6.27. The largest absolute Gasteiger partial charge is 0.454 e. The van der Waals surface area contributed by atoms with Gasteiger partial charge >= 0.3 is 0 Å². The molecule has 2 aliphatic rings. The zero-order chi connectivity index (χ0) is 14.8. The van der Waals surface area contributed by atoms with E-state index in [1.54, 1.807) is 0 Å². The van der Waals surface area contributed by atoms with Gasteiger partial charge in [0.05, 0.1) is 11.7 Å². The number of rotatable bonds is 2. The maximum Gasteiger partial charge on any atom is 0.293 e. The van der Waals surface area contributed by atoms with Crippen molar-refractivity contribution in [3.63, 3.8) is 0 Å². The average Bonchev–Trinajstić information content (AvgIpc) is 2.96. The highest BCUT2D eigenvalue weighted by atomic mass is 35.5. The number of aliphatic imine (C=N–C) groups is 1. The summed E-state index contributed by atoms with van der Waals surface area (Å²) in [6, 6.07) is 21.8. The highest BCUT2D eigenvalue weighted by molar-refractivity contribution is 5.85. The van der Waals surface area contributed by atoms with E-state index in [1.807, 2.05) is 30.3 Å². The Morgan fingerprint density at radius 2 is 1.61 bits per heavy atom.